The van der Waals surface area contributed by atoms with Crippen LogP contribution in [0.2, 0.25) is 0 Å². The zero-order valence-corrected chi connectivity index (χ0v) is 8.61. The molecule has 1 aromatic rings. The molecule has 0 aliphatic carbocycles. The van der Waals surface area contributed by atoms with E-state index in [-0.39, 0.29) is 0 Å². The van der Waals surface area contributed by atoms with Crippen LogP contribution in [-0.4, -0.2) is 21.8 Å². The molecular weight excluding hydrogens is 180 g/mol. The number of aromatic nitrogens is 2. The summed E-state index contributed by atoms with van der Waals surface area (Å²) in [4.78, 5) is 1.17. The van der Waals surface area contributed by atoms with Gasteiger partial charge in [-0.15, -0.1) is 9.24 Å². The first kappa shape index (κ1) is 8.94. The van der Waals surface area contributed by atoms with Crippen LogP contribution in [0.3, 0.4) is 0 Å². The number of hydrogen-bond donors (Lipinski definition) is 0. The lowest BCUT2D eigenvalue weighted by atomic mass is 10.7. The van der Waals surface area contributed by atoms with E-state index < -0.39 is 9.24 Å². The Morgan fingerprint density at radius 1 is 1.73 bits per heavy atom. The van der Waals surface area contributed by atoms with Crippen LogP contribution < -0.4 is 0 Å². The molecule has 64 valence electrons. The number of halogens is 1. The maximum atomic E-state index is 6.29. The number of rotatable bonds is 2. The van der Waals surface area contributed by atoms with E-state index >= 15 is 0 Å². The first-order valence-corrected chi connectivity index (χ1v) is 6.54. The minimum Gasteiger partial charge on any atom is -0.275 e. The van der Waals surface area contributed by atoms with Gasteiger partial charge in [-0.1, -0.05) is 17.6 Å². The van der Waals surface area contributed by atoms with Crippen molar-refractivity contribution in [3.63, 3.8) is 0 Å². The Bertz CT molecular complexity index is 244. The van der Waals surface area contributed by atoms with E-state index in [1.807, 2.05) is 19.4 Å². The third kappa shape index (κ3) is 1.91. The first-order chi connectivity index (χ1) is 5.06. The molecule has 0 spiro atoms. The predicted molar refractivity (Wildman–Crippen MR) is 51.4 cm³/mol. The van der Waals surface area contributed by atoms with Gasteiger partial charge in [-0.2, -0.15) is 5.10 Å². The zero-order valence-electron chi connectivity index (χ0n) is 7.04. The van der Waals surface area contributed by atoms with Gasteiger partial charge in [0.15, 0.2) is 0 Å². The minimum atomic E-state index is -1.09. The van der Waals surface area contributed by atoms with E-state index in [2.05, 4.69) is 18.3 Å². The molecule has 11 heavy (non-hydrogen) atoms. The number of hydrogen-bond acceptors (Lipinski definition) is 1. The van der Waals surface area contributed by atoms with Gasteiger partial charge < -0.3 is 0 Å². The molecular formula is C7H13ClN2S. The van der Waals surface area contributed by atoms with Crippen molar-refractivity contribution < 1.29 is 0 Å². The summed E-state index contributed by atoms with van der Waals surface area (Å²) in [5, 5.41) is 4.08. The lowest BCUT2D eigenvalue weighted by molar-refractivity contribution is 0.766. The van der Waals surface area contributed by atoms with Crippen molar-refractivity contribution in [3.05, 3.63) is 12.4 Å². The van der Waals surface area contributed by atoms with Gasteiger partial charge >= 0.3 is 0 Å². The molecule has 0 aromatic carbocycles. The van der Waals surface area contributed by atoms with Gasteiger partial charge in [0.1, 0.15) is 0 Å². The van der Waals surface area contributed by atoms with E-state index in [0.717, 1.165) is 5.75 Å². The molecule has 0 bridgehead atoms. The summed E-state index contributed by atoms with van der Waals surface area (Å²) in [5.41, 5.74) is 0. The van der Waals surface area contributed by atoms with Gasteiger partial charge in [0, 0.05) is 18.1 Å². The fourth-order valence-corrected chi connectivity index (χ4v) is 2.00. The van der Waals surface area contributed by atoms with Crippen LogP contribution in [0, 0.1) is 0 Å². The van der Waals surface area contributed by atoms with Crippen molar-refractivity contribution in [1.82, 2.24) is 9.78 Å². The van der Waals surface area contributed by atoms with Gasteiger partial charge in [0.2, 0.25) is 0 Å². The molecule has 0 N–H and O–H groups in total. The van der Waals surface area contributed by atoms with Crippen molar-refractivity contribution in [2.75, 3.05) is 12.0 Å². The standard InChI is InChI=1S/C7H13ClN2S/c1-4-11(3,8)7-5-9-10(2)6-7/h5-6H,4H2,1-3H3. The molecule has 0 amide bonds. The molecule has 0 radical (unpaired) electrons. The third-order valence-electron chi connectivity index (χ3n) is 1.71. The lowest BCUT2D eigenvalue weighted by Crippen LogP contribution is -1.91. The maximum Gasteiger partial charge on any atom is 0.0621 e. The zero-order chi connectivity index (χ0) is 8.48. The highest BCUT2D eigenvalue weighted by atomic mass is 35.7. The van der Waals surface area contributed by atoms with Crippen molar-refractivity contribution in [3.8, 4) is 0 Å². The molecule has 1 unspecified atom stereocenters. The Kier molecular flexibility index (Phi) is 2.50. The third-order valence-corrected chi connectivity index (χ3v) is 5.18. The Labute approximate surface area is 73.4 Å². The fraction of sp³-hybridized carbons (Fsp3) is 0.571. The van der Waals surface area contributed by atoms with Crippen LogP contribution in [-0.2, 0) is 7.05 Å². The average molecular weight is 193 g/mol. The Morgan fingerprint density at radius 3 is 2.73 bits per heavy atom. The summed E-state index contributed by atoms with van der Waals surface area (Å²) in [6, 6.07) is 0. The van der Waals surface area contributed by atoms with Gasteiger partial charge in [-0.3, -0.25) is 4.68 Å². The maximum absolute atomic E-state index is 6.29. The van der Waals surface area contributed by atoms with Gasteiger partial charge in [-0.05, 0) is 12.0 Å². The topological polar surface area (TPSA) is 17.8 Å². The molecule has 1 heterocycles. The summed E-state index contributed by atoms with van der Waals surface area (Å²) in [6.07, 6.45) is 5.93. The van der Waals surface area contributed by atoms with Crippen LogP contribution in [0.4, 0.5) is 0 Å². The highest BCUT2D eigenvalue weighted by Crippen LogP contribution is 2.56. The summed E-state index contributed by atoms with van der Waals surface area (Å²) in [5.74, 6) is 1.00. The molecule has 0 saturated carbocycles. The molecule has 0 saturated heterocycles. The summed E-state index contributed by atoms with van der Waals surface area (Å²) in [6.45, 7) is 2.11. The van der Waals surface area contributed by atoms with Crippen molar-refractivity contribution in [2.24, 2.45) is 7.05 Å². The number of aryl methyl sites for hydroxylation is 1. The van der Waals surface area contributed by atoms with Crippen LogP contribution in [0.15, 0.2) is 17.3 Å². The quantitative estimate of drug-likeness (QED) is 0.704. The second-order valence-electron chi connectivity index (χ2n) is 2.62. The smallest absolute Gasteiger partial charge is 0.0621 e. The van der Waals surface area contributed by atoms with Crippen LogP contribution in [0.25, 0.3) is 0 Å². The fourth-order valence-electron chi connectivity index (χ4n) is 0.785. The summed E-state index contributed by atoms with van der Waals surface area (Å²) < 4.78 is 1.79. The van der Waals surface area contributed by atoms with Crippen LogP contribution >= 0.6 is 19.9 Å². The molecule has 4 heteroatoms. The van der Waals surface area contributed by atoms with E-state index in [1.165, 1.54) is 4.90 Å². The monoisotopic (exact) mass is 192 g/mol. The molecule has 2 nitrogen and oxygen atoms in total. The number of nitrogens with zero attached hydrogens (tertiary/aromatic N) is 2. The molecule has 0 fully saturated rings. The van der Waals surface area contributed by atoms with E-state index in [9.17, 15) is 0 Å². The molecule has 0 aliphatic heterocycles. The highest BCUT2D eigenvalue weighted by Gasteiger charge is 2.16. The Hall–Kier alpha value is -0.150. The van der Waals surface area contributed by atoms with Gasteiger partial charge in [0.25, 0.3) is 0 Å². The Morgan fingerprint density at radius 2 is 2.36 bits per heavy atom. The molecule has 1 aromatic heterocycles. The molecule has 0 aliphatic rings. The minimum absolute atomic E-state index is 1.00. The summed E-state index contributed by atoms with van der Waals surface area (Å²) in [7, 11) is 7.11. The first-order valence-electron chi connectivity index (χ1n) is 3.50. The normalized spacial score (nSPS) is 19.3. The van der Waals surface area contributed by atoms with E-state index in [0.29, 0.717) is 0 Å². The lowest BCUT2D eigenvalue weighted by Gasteiger charge is -2.23. The van der Waals surface area contributed by atoms with Crippen molar-refractivity contribution in [1.29, 1.82) is 0 Å². The predicted octanol–water partition coefficient (Wildman–Crippen LogP) is 2.39. The second kappa shape index (κ2) is 3.07. The summed E-state index contributed by atoms with van der Waals surface area (Å²) >= 11 is 0. The van der Waals surface area contributed by atoms with E-state index in [1.54, 1.807) is 4.68 Å². The van der Waals surface area contributed by atoms with Crippen LogP contribution in [0.1, 0.15) is 6.92 Å². The molecule has 1 atom stereocenters. The van der Waals surface area contributed by atoms with Gasteiger partial charge in [-0.25, -0.2) is 0 Å². The SMILES string of the molecule is CCS(C)(Cl)c1cnn(C)c1. The highest BCUT2D eigenvalue weighted by molar-refractivity contribution is 8.50. The average Bonchev–Trinajstić information content (AvgIpc) is 2.36. The van der Waals surface area contributed by atoms with Gasteiger partial charge in [0.05, 0.1) is 6.20 Å². The van der Waals surface area contributed by atoms with Crippen molar-refractivity contribution >= 4 is 19.9 Å². The second-order valence-corrected chi connectivity index (χ2v) is 7.66. The van der Waals surface area contributed by atoms with Crippen LogP contribution in [0.5, 0.6) is 0 Å². The largest absolute Gasteiger partial charge is 0.275 e. The Balaban J connectivity index is 2.92. The molecule has 1 rings (SSSR count). The van der Waals surface area contributed by atoms with E-state index in [4.69, 9.17) is 10.7 Å². The van der Waals surface area contributed by atoms with Crippen molar-refractivity contribution in [2.45, 2.75) is 11.8 Å².